The lowest BCUT2D eigenvalue weighted by Gasteiger charge is -2.39. The van der Waals surface area contributed by atoms with Crippen molar-refractivity contribution in [2.75, 3.05) is 26.3 Å². The first-order valence-corrected chi connectivity index (χ1v) is 9.47. The highest BCUT2D eigenvalue weighted by Gasteiger charge is 2.31. The summed E-state index contributed by atoms with van der Waals surface area (Å²) in [5, 5.41) is 3.73. The van der Waals surface area contributed by atoms with Gasteiger partial charge in [-0.05, 0) is 74.8 Å². The molecule has 3 unspecified atom stereocenters. The second-order valence-corrected chi connectivity index (χ2v) is 7.95. The van der Waals surface area contributed by atoms with E-state index in [0.29, 0.717) is 0 Å². The molecule has 2 heteroatoms. The molecule has 1 saturated heterocycles. The molecule has 0 spiro atoms. The number of rotatable bonds is 7. The van der Waals surface area contributed by atoms with Gasteiger partial charge >= 0.3 is 0 Å². The van der Waals surface area contributed by atoms with Crippen molar-refractivity contribution in [1.29, 1.82) is 0 Å². The van der Waals surface area contributed by atoms with Gasteiger partial charge in [-0.1, -0.05) is 33.6 Å². The highest BCUT2D eigenvalue weighted by molar-refractivity contribution is 4.83. The van der Waals surface area contributed by atoms with Crippen molar-refractivity contribution in [2.24, 2.45) is 29.6 Å². The van der Waals surface area contributed by atoms with Gasteiger partial charge in [0, 0.05) is 13.2 Å². The van der Waals surface area contributed by atoms with Crippen molar-refractivity contribution < 1.29 is 4.74 Å². The van der Waals surface area contributed by atoms with Crippen LogP contribution in [0.4, 0.5) is 0 Å². The molecule has 1 saturated carbocycles. The summed E-state index contributed by atoms with van der Waals surface area (Å²) in [5.41, 5.74) is 0. The molecule has 124 valence electrons. The second-order valence-electron chi connectivity index (χ2n) is 7.95. The van der Waals surface area contributed by atoms with Crippen LogP contribution in [-0.4, -0.2) is 26.3 Å². The molecular weight excluding hydrogens is 258 g/mol. The minimum absolute atomic E-state index is 0.769. The lowest BCUT2D eigenvalue weighted by Crippen LogP contribution is -2.36. The maximum Gasteiger partial charge on any atom is 0.0468 e. The Morgan fingerprint density at radius 2 is 1.76 bits per heavy atom. The van der Waals surface area contributed by atoms with Gasteiger partial charge in [-0.25, -0.2) is 0 Å². The van der Waals surface area contributed by atoms with E-state index in [9.17, 15) is 0 Å². The van der Waals surface area contributed by atoms with Gasteiger partial charge in [-0.15, -0.1) is 0 Å². The predicted octanol–water partition coefficient (Wildman–Crippen LogP) is 4.49. The third-order valence-electron chi connectivity index (χ3n) is 5.76. The summed E-state index contributed by atoms with van der Waals surface area (Å²) in [5.74, 6) is 4.59. The number of hydrogen-bond donors (Lipinski definition) is 1. The first-order chi connectivity index (χ1) is 10.2. The molecule has 0 radical (unpaired) electrons. The Hall–Kier alpha value is -0.0800. The van der Waals surface area contributed by atoms with Gasteiger partial charge < -0.3 is 10.1 Å². The van der Waals surface area contributed by atoms with Crippen LogP contribution in [-0.2, 0) is 4.74 Å². The maximum absolute atomic E-state index is 5.54. The second kappa shape index (κ2) is 9.15. The van der Waals surface area contributed by atoms with Gasteiger partial charge in [0.1, 0.15) is 0 Å². The molecule has 2 nitrogen and oxygen atoms in total. The summed E-state index contributed by atoms with van der Waals surface area (Å²) < 4.78 is 5.54. The molecular formula is C19H37NO. The van der Waals surface area contributed by atoms with E-state index in [0.717, 1.165) is 42.8 Å². The molecule has 1 aliphatic heterocycles. The van der Waals surface area contributed by atoms with Crippen LogP contribution in [0.3, 0.4) is 0 Å². The van der Waals surface area contributed by atoms with Gasteiger partial charge in [-0.2, -0.15) is 0 Å². The first-order valence-electron chi connectivity index (χ1n) is 9.47. The fourth-order valence-corrected chi connectivity index (χ4v) is 4.32. The fraction of sp³-hybridized carbons (Fsp3) is 1.00. The van der Waals surface area contributed by atoms with Crippen LogP contribution in [0, 0.1) is 29.6 Å². The zero-order valence-electron chi connectivity index (χ0n) is 14.6. The Morgan fingerprint density at radius 3 is 2.43 bits per heavy atom. The Bertz CT molecular complexity index is 273. The van der Waals surface area contributed by atoms with Crippen molar-refractivity contribution >= 4 is 0 Å². The van der Waals surface area contributed by atoms with E-state index < -0.39 is 0 Å². The third kappa shape index (κ3) is 5.90. The molecule has 0 aromatic heterocycles. The average molecular weight is 296 g/mol. The predicted molar refractivity (Wildman–Crippen MR) is 90.5 cm³/mol. The minimum atomic E-state index is 0.769. The highest BCUT2D eigenvalue weighted by atomic mass is 16.5. The summed E-state index contributed by atoms with van der Waals surface area (Å²) in [7, 11) is 0. The van der Waals surface area contributed by atoms with Crippen LogP contribution in [0.1, 0.15) is 65.7 Å². The largest absolute Gasteiger partial charge is 0.381 e. The van der Waals surface area contributed by atoms with Gasteiger partial charge in [0.25, 0.3) is 0 Å². The molecule has 0 aromatic carbocycles. The molecule has 0 aromatic rings. The van der Waals surface area contributed by atoms with Crippen LogP contribution < -0.4 is 5.32 Å². The molecule has 2 aliphatic rings. The van der Waals surface area contributed by atoms with E-state index in [-0.39, 0.29) is 0 Å². The maximum atomic E-state index is 5.54. The molecule has 0 bridgehead atoms. The topological polar surface area (TPSA) is 21.3 Å². The van der Waals surface area contributed by atoms with E-state index >= 15 is 0 Å². The van der Waals surface area contributed by atoms with Gasteiger partial charge in [0.2, 0.25) is 0 Å². The van der Waals surface area contributed by atoms with Crippen molar-refractivity contribution in [1.82, 2.24) is 5.32 Å². The SMILES string of the molecule is CCC1CCC(CNCC(C)C)C(CC2CCOCC2)C1. The summed E-state index contributed by atoms with van der Waals surface area (Å²) in [6.07, 6.45) is 9.87. The number of hydrogen-bond acceptors (Lipinski definition) is 2. The molecule has 2 rings (SSSR count). The number of ether oxygens (including phenoxy) is 1. The van der Waals surface area contributed by atoms with Crippen LogP contribution >= 0.6 is 0 Å². The third-order valence-corrected chi connectivity index (χ3v) is 5.76. The monoisotopic (exact) mass is 295 g/mol. The molecule has 0 amide bonds. The standard InChI is InChI=1S/C19H37NO/c1-4-16-5-6-18(14-20-13-15(2)3)19(11-16)12-17-7-9-21-10-8-17/h15-20H,4-14H2,1-3H3. The molecule has 2 fully saturated rings. The van der Waals surface area contributed by atoms with Crippen molar-refractivity contribution in [2.45, 2.75) is 65.7 Å². The van der Waals surface area contributed by atoms with Gasteiger partial charge in [0.05, 0.1) is 0 Å². The van der Waals surface area contributed by atoms with Crippen LogP contribution in [0.5, 0.6) is 0 Å². The van der Waals surface area contributed by atoms with Crippen molar-refractivity contribution in [3.05, 3.63) is 0 Å². The average Bonchev–Trinajstić information content (AvgIpc) is 2.49. The Labute approximate surface area is 132 Å². The number of nitrogens with one attached hydrogen (secondary N) is 1. The Balaban J connectivity index is 1.83. The van der Waals surface area contributed by atoms with E-state index in [4.69, 9.17) is 4.74 Å². The van der Waals surface area contributed by atoms with E-state index in [1.165, 1.54) is 58.0 Å². The quantitative estimate of drug-likeness (QED) is 0.747. The lowest BCUT2D eigenvalue weighted by molar-refractivity contribution is 0.0461. The van der Waals surface area contributed by atoms with Gasteiger partial charge in [0.15, 0.2) is 0 Å². The summed E-state index contributed by atoms with van der Waals surface area (Å²) in [6.45, 7) is 11.4. The van der Waals surface area contributed by atoms with Gasteiger partial charge in [-0.3, -0.25) is 0 Å². The highest BCUT2D eigenvalue weighted by Crippen LogP contribution is 2.40. The Morgan fingerprint density at radius 1 is 1.00 bits per heavy atom. The minimum Gasteiger partial charge on any atom is -0.381 e. The molecule has 21 heavy (non-hydrogen) atoms. The zero-order valence-corrected chi connectivity index (χ0v) is 14.6. The van der Waals surface area contributed by atoms with E-state index in [1.807, 2.05) is 0 Å². The van der Waals surface area contributed by atoms with Crippen LogP contribution in [0.25, 0.3) is 0 Å². The smallest absolute Gasteiger partial charge is 0.0468 e. The summed E-state index contributed by atoms with van der Waals surface area (Å²) in [4.78, 5) is 0. The normalized spacial score (nSPS) is 31.7. The van der Waals surface area contributed by atoms with Crippen LogP contribution in [0.15, 0.2) is 0 Å². The van der Waals surface area contributed by atoms with Crippen molar-refractivity contribution in [3.63, 3.8) is 0 Å². The molecule has 1 aliphatic carbocycles. The van der Waals surface area contributed by atoms with E-state index in [1.54, 1.807) is 0 Å². The summed E-state index contributed by atoms with van der Waals surface area (Å²) >= 11 is 0. The van der Waals surface area contributed by atoms with E-state index in [2.05, 4.69) is 26.1 Å². The Kier molecular flexibility index (Phi) is 7.53. The zero-order chi connectivity index (χ0) is 15.1. The first kappa shape index (κ1) is 17.3. The molecule has 1 N–H and O–H groups in total. The fourth-order valence-electron chi connectivity index (χ4n) is 4.32. The lowest BCUT2D eigenvalue weighted by atomic mass is 9.69. The molecule has 1 heterocycles. The summed E-state index contributed by atoms with van der Waals surface area (Å²) in [6, 6.07) is 0. The van der Waals surface area contributed by atoms with Crippen molar-refractivity contribution in [3.8, 4) is 0 Å². The molecule has 3 atom stereocenters. The van der Waals surface area contributed by atoms with Crippen LogP contribution in [0.2, 0.25) is 0 Å².